The van der Waals surface area contributed by atoms with Gasteiger partial charge in [0, 0.05) is 11.8 Å². The Kier molecular flexibility index (Phi) is 5.02. The molecule has 30 heavy (non-hydrogen) atoms. The van der Waals surface area contributed by atoms with Crippen LogP contribution in [0.2, 0.25) is 0 Å². The number of carbonyl (C=O) groups is 2. The molecule has 7 heteroatoms. The third kappa shape index (κ3) is 3.30. The van der Waals surface area contributed by atoms with Crippen LogP contribution in [-0.2, 0) is 9.59 Å². The molecule has 2 aromatic carbocycles. The van der Waals surface area contributed by atoms with Crippen LogP contribution in [0.5, 0.6) is 5.75 Å². The maximum Gasteiger partial charge on any atom is 0.301 e. The number of methoxy groups -OCH3 is 1. The average Bonchev–Trinajstić information content (AvgIpc) is 3.05. The lowest BCUT2D eigenvalue weighted by Crippen LogP contribution is -2.30. The normalized spacial score (nSPS) is 17.9. The van der Waals surface area contributed by atoms with Gasteiger partial charge in [0.25, 0.3) is 5.78 Å². The van der Waals surface area contributed by atoms with E-state index in [1.807, 2.05) is 0 Å². The van der Waals surface area contributed by atoms with E-state index >= 15 is 0 Å². The summed E-state index contributed by atoms with van der Waals surface area (Å²) in [6, 6.07) is 15.9. The van der Waals surface area contributed by atoms with E-state index in [4.69, 9.17) is 4.74 Å². The fourth-order valence-corrected chi connectivity index (χ4v) is 3.45. The molecule has 1 atom stereocenters. The summed E-state index contributed by atoms with van der Waals surface area (Å²) in [5.41, 5.74) is 0.677. The van der Waals surface area contributed by atoms with Gasteiger partial charge < -0.3 is 9.84 Å². The Morgan fingerprint density at radius 2 is 1.83 bits per heavy atom. The van der Waals surface area contributed by atoms with E-state index in [0.717, 1.165) is 0 Å². The van der Waals surface area contributed by atoms with Crippen molar-refractivity contribution in [2.45, 2.75) is 6.04 Å². The number of aliphatic hydroxyl groups is 1. The van der Waals surface area contributed by atoms with E-state index in [2.05, 4.69) is 4.98 Å². The van der Waals surface area contributed by atoms with Gasteiger partial charge in [0.2, 0.25) is 0 Å². The Morgan fingerprint density at radius 1 is 1.07 bits per heavy atom. The summed E-state index contributed by atoms with van der Waals surface area (Å²) < 4.78 is 18.7. The zero-order chi connectivity index (χ0) is 21.3. The summed E-state index contributed by atoms with van der Waals surface area (Å²) in [5.74, 6) is -1.75. The Bertz CT molecular complexity index is 1140. The molecule has 1 aliphatic heterocycles. The van der Waals surface area contributed by atoms with E-state index < -0.39 is 23.5 Å². The zero-order valence-corrected chi connectivity index (χ0v) is 15.9. The smallest absolute Gasteiger partial charge is 0.301 e. The van der Waals surface area contributed by atoms with Crippen LogP contribution in [0.4, 0.5) is 10.2 Å². The Morgan fingerprint density at radius 3 is 2.50 bits per heavy atom. The SMILES string of the molecule is COc1cccc(/C(O)=C2\C(=O)C(=O)N(c3ccccn3)C2c2ccc(F)cc2)c1. The highest BCUT2D eigenvalue weighted by Gasteiger charge is 2.47. The monoisotopic (exact) mass is 404 g/mol. The largest absolute Gasteiger partial charge is 0.507 e. The maximum atomic E-state index is 13.5. The van der Waals surface area contributed by atoms with Crippen molar-refractivity contribution in [3.8, 4) is 5.75 Å². The predicted molar refractivity (Wildman–Crippen MR) is 108 cm³/mol. The number of nitrogens with zero attached hydrogens (tertiary/aromatic N) is 2. The van der Waals surface area contributed by atoms with Crippen molar-refractivity contribution in [2.24, 2.45) is 0 Å². The van der Waals surface area contributed by atoms with Crippen molar-refractivity contribution in [1.29, 1.82) is 0 Å². The van der Waals surface area contributed by atoms with Crippen LogP contribution in [0.25, 0.3) is 5.76 Å². The summed E-state index contributed by atoms with van der Waals surface area (Å²) in [7, 11) is 1.48. The van der Waals surface area contributed by atoms with Crippen molar-refractivity contribution in [3.05, 3.63) is 95.4 Å². The van der Waals surface area contributed by atoms with Crippen LogP contribution in [0.1, 0.15) is 17.2 Å². The van der Waals surface area contributed by atoms with Crippen LogP contribution in [0.15, 0.2) is 78.5 Å². The molecule has 1 N–H and O–H groups in total. The second-order valence-electron chi connectivity index (χ2n) is 6.64. The van der Waals surface area contributed by atoms with Gasteiger partial charge in [-0.3, -0.25) is 14.5 Å². The molecule has 1 amide bonds. The summed E-state index contributed by atoms with van der Waals surface area (Å²) in [4.78, 5) is 31.3. The van der Waals surface area contributed by atoms with E-state index in [0.29, 0.717) is 16.9 Å². The minimum atomic E-state index is -0.966. The minimum absolute atomic E-state index is 0.106. The molecule has 1 unspecified atom stereocenters. The first-order chi connectivity index (χ1) is 14.5. The zero-order valence-electron chi connectivity index (χ0n) is 15.9. The lowest BCUT2D eigenvalue weighted by molar-refractivity contribution is -0.132. The first-order valence-electron chi connectivity index (χ1n) is 9.13. The molecule has 1 fully saturated rings. The fourth-order valence-electron chi connectivity index (χ4n) is 3.45. The molecule has 0 bridgehead atoms. The van der Waals surface area contributed by atoms with Crippen LogP contribution >= 0.6 is 0 Å². The summed E-state index contributed by atoms with van der Waals surface area (Å²) >= 11 is 0. The van der Waals surface area contributed by atoms with Gasteiger partial charge in [0.05, 0.1) is 18.7 Å². The second-order valence-corrected chi connectivity index (χ2v) is 6.64. The topological polar surface area (TPSA) is 79.7 Å². The second kappa shape index (κ2) is 7.79. The number of ketones is 1. The highest BCUT2D eigenvalue weighted by molar-refractivity contribution is 6.51. The van der Waals surface area contributed by atoms with Gasteiger partial charge in [-0.2, -0.15) is 0 Å². The number of hydrogen-bond acceptors (Lipinski definition) is 5. The first kappa shape index (κ1) is 19.3. The van der Waals surface area contributed by atoms with Gasteiger partial charge >= 0.3 is 5.91 Å². The standard InChI is InChI=1S/C23H17FN2O4/c1-30-17-6-4-5-15(13-17)21(27)19-20(14-8-10-16(24)11-9-14)26(23(29)22(19)28)18-7-2-3-12-25-18/h2-13,20,27H,1H3/b21-19+. The van der Waals surface area contributed by atoms with E-state index in [-0.39, 0.29) is 17.2 Å². The third-order valence-corrected chi connectivity index (χ3v) is 4.87. The van der Waals surface area contributed by atoms with Crippen molar-refractivity contribution < 1.29 is 23.8 Å². The number of halogens is 1. The predicted octanol–water partition coefficient (Wildman–Crippen LogP) is 3.86. The fraction of sp³-hybridized carbons (Fsp3) is 0.0870. The first-order valence-corrected chi connectivity index (χ1v) is 9.13. The number of aliphatic hydroxyl groups excluding tert-OH is 1. The molecular formula is C23H17FN2O4. The number of carbonyl (C=O) groups excluding carboxylic acids is 2. The molecule has 1 saturated heterocycles. The van der Waals surface area contributed by atoms with Gasteiger partial charge in [-0.15, -0.1) is 0 Å². The maximum absolute atomic E-state index is 13.5. The molecule has 150 valence electrons. The number of amides is 1. The van der Waals surface area contributed by atoms with Crippen LogP contribution in [-0.4, -0.2) is 28.9 Å². The lowest BCUT2D eigenvalue weighted by Gasteiger charge is -2.24. The number of aromatic nitrogens is 1. The molecule has 0 aliphatic carbocycles. The molecule has 6 nitrogen and oxygen atoms in total. The Hall–Kier alpha value is -4.00. The molecule has 2 heterocycles. The molecule has 1 aromatic heterocycles. The third-order valence-electron chi connectivity index (χ3n) is 4.87. The lowest BCUT2D eigenvalue weighted by atomic mass is 9.95. The van der Waals surface area contributed by atoms with E-state index in [1.165, 1.54) is 42.5 Å². The van der Waals surface area contributed by atoms with Crippen LogP contribution in [0, 0.1) is 5.82 Å². The van der Waals surface area contributed by atoms with Crippen molar-refractivity contribution in [2.75, 3.05) is 12.0 Å². The number of anilines is 1. The van der Waals surface area contributed by atoms with Gasteiger partial charge in [0.15, 0.2) is 0 Å². The molecular weight excluding hydrogens is 387 g/mol. The molecule has 0 radical (unpaired) electrons. The number of ether oxygens (including phenoxy) is 1. The Labute approximate surface area is 171 Å². The number of hydrogen-bond donors (Lipinski definition) is 1. The van der Waals surface area contributed by atoms with E-state index in [9.17, 15) is 19.1 Å². The quantitative estimate of drug-likeness (QED) is 0.406. The summed E-state index contributed by atoms with van der Waals surface area (Å²) in [6.07, 6.45) is 1.50. The number of rotatable bonds is 4. The Balaban J connectivity index is 1.94. The van der Waals surface area contributed by atoms with Gasteiger partial charge in [-0.25, -0.2) is 9.37 Å². The highest BCUT2D eigenvalue weighted by Crippen LogP contribution is 2.41. The molecule has 4 rings (SSSR count). The summed E-state index contributed by atoms with van der Waals surface area (Å²) in [5, 5.41) is 11.0. The number of Topliss-reactive ketones (excluding diaryl/α,β-unsaturated/α-hetero) is 1. The summed E-state index contributed by atoms with van der Waals surface area (Å²) in [6.45, 7) is 0. The number of benzene rings is 2. The molecule has 0 spiro atoms. The minimum Gasteiger partial charge on any atom is -0.507 e. The molecule has 3 aromatic rings. The van der Waals surface area contributed by atoms with Gasteiger partial charge in [0.1, 0.15) is 23.1 Å². The average molecular weight is 404 g/mol. The van der Waals surface area contributed by atoms with Crippen molar-refractivity contribution in [1.82, 2.24) is 4.98 Å². The molecule has 0 saturated carbocycles. The molecule has 1 aliphatic rings. The number of pyridine rings is 1. The van der Waals surface area contributed by atoms with Crippen molar-refractivity contribution in [3.63, 3.8) is 0 Å². The highest BCUT2D eigenvalue weighted by atomic mass is 19.1. The van der Waals surface area contributed by atoms with Crippen LogP contribution < -0.4 is 9.64 Å². The van der Waals surface area contributed by atoms with E-state index in [1.54, 1.807) is 42.5 Å². The van der Waals surface area contributed by atoms with Gasteiger partial charge in [-0.1, -0.05) is 30.3 Å². The van der Waals surface area contributed by atoms with Crippen LogP contribution in [0.3, 0.4) is 0 Å². The van der Waals surface area contributed by atoms with Gasteiger partial charge in [-0.05, 0) is 42.0 Å². The van der Waals surface area contributed by atoms with Crippen molar-refractivity contribution >= 4 is 23.3 Å².